The number of nitrogens with one attached hydrogen (secondary N) is 2. The zero-order chi connectivity index (χ0) is 10.6. The van der Waals surface area contributed by atoms with Gasteiger partial charge in [0, 0.05) is 13.5 Å². The maximum Gasteiger partial charge on any atom is 0.142 e. The summed E-state index contributed by atoms with van der Waals surface area (Å²) in [5.74, 6) is 6.57. The van der Waals surface area contributed by atoms with Gasteiger partial charge in [0.15, 0.2) is 0 Å². The van der Waals surface area contributed by atoms with Crippen molar-refractivity contribution >= 4 is 11.6 Å². The molecule has 5 N–H and O–H groups in total. The molecule has 0 aromatic carbocycles. The van der Waals surface area contributed by atoms with Crippen LogP contribution in [0.4, 0.5) is 11.6 Å². The number of hydrogen-bond donors (Lipinski definition) is 4. The Hall–Kier alpha value is -1.33. The van der Waals surface area contributed by atoms with Crippen molar-refractivity contribution in [2.75, 3.05) is 17.8 Å². The van der Waals surface area contributed by atoms with Gasteiger partial charge in [-0.25, -0.2) is 10.8 Å². The number of anilines is 2. The van der Waals surface area contributed by atoms with E-state index < -0.39 is 0 Å². The number of aliphatic hydroxyl groups excluding tert-OH is 1. The quantitative estimate of drug-likeness (QED) is 0.412. The first-order chi connectivity index (χ1) is 6.67. The van der Waals surface area contributed by atoms with Crippen LogP contribution >= 0.6 is 0 Å². The first-order valence-corrected chi connectivity index (χ1v) is 4.49. The van der Waals surface area contributed by atoms with E-state index in [0.717, 1.165) is 11.4 Å². The number of hydrazine groups is 1. The Bertz CT molecular complexity index is 301. The Morgan fingerprint density at radius 2 is 2.29 bits per heavy atom. The van der Waals surface area contributed by atoms with Crippen LogP contribution in [-0.2, 0) is 6.42 Å². The van der Waals surface area contributed by atoms with Gasteiger partial charge in [-0.15, -0.1) is 0 Å². The van der Waals surface area contributed by atoms with Crippen LogP contribution in [0.1, 0.15) is 12.5 Å². The highest BCUT2D eigenvalue weighted by Crippen LogP contribution is 2.16. The largest absolute Gasteiger partial charge is 0.393 e. The molecule has 0 spiro atoms. The molecular formula is C9H16N4O. The normalized spacial score (nSPS) is 12.3. The third-order valence-corrected chi connectivity index (χ3v) is 1.88. The van der Waals surface area contributed by atoms with Gasteiger partial charge in [0.1, 0.15) is 11.6 Å². The number of nitrogens with zero attached hydrogens (tertiary/aromatic N) is 1. The fourth-order valence-corrected chi connectivity index (χ4v) is 1.27. The molecule has 0 aliphatic heterocycles. The summed E-state index contributed by atoms with van der Waals surface area (Å²) in [6.45, 7) is 1.74. The molecule has 1 heterocycles. The lowest BCUT2D eigenvalue weighted by Gasteiger charge is -2.11. The molecule has 1 unspecified atom stereocenters. The van der Waals surface area contributed by atoms with Gasteiger partial charge < -0.3 is 15.8 Å². The maximum absolute atomic E-state index is 9.26. The summed E-state index contributed by atoms with van der Waals surface area (Å²) in [5, 5.41) is 12.2. The molecule has 0 amide bonds. The average molecular weight is 196 g/mol. The Kier molecular flexibility index (Phi) is 3.67. The molecule has 1 aromatic rings. The maximum atomic E-state index is 9.26. The van der Waals surface area contributed by atoms with Crippen LogP contribution in [0, 0.1) is 0 Å². The molecule has 1 atom stereocenters. The summed E-state index contributed by atoms with van der Waals surface area (Å²) in [6, 6.07) is 3.67. The molecule has 0 bridgehead atoms. The number of pyridine rings is 1. The minimum Gasteiger partial charge on any atom is -0.393 e. The molecule has 14 heavy (non-hydrogen) atoms. The van der Waals surface area contributed by atoms with Crippen LogP contribution in [0.5, 0.6) is 0 Å². The van der Waals surface area contributed by atoms with Gasteiger partial charge in [0.2, 0.25) is 0 Å². The molecule has 78 valence electrons. The standard InChI is InChI=1S/C9H16N4O/c1-6(14)5-7-3-4-8(13-10)12-9(7)11-2/h3-4,6,14H,5,10H2,1-2H3,(H2,11,12,13). The van der Waals surface area contributed by atoms with Crippen LogP contribution < -0.4 is 16.6 Å². The highest BCUT2D eigenvalue weighted by atomic mass is 16.3. The van der Waals surface area contributed by atoms with Gasteiger partial charge >= 0.3 is 0 Å². The number of hydrogen-bond acceptors (Lipinski definition) is 5. The Balaban J connectivity index is 2.93. The van der Waals surface area contributed by atoms with Gasteiger partial charge in [0.25, 0.3) is 0 Å². The minimum absolute atomic E-state index is 0.374. The van der Waals surface area contributed by atoms with Crippen LogP contribution in [0.3, 0.4) is 0 Å². The summed E-state index contributed by atoms with van der Waals surface area (Å²) in [4.78, 5) is 4.20. The lowest BCUT2D eigenvalue weighted by atomic mass is 10.1. The third-order valence-electron chi connectivity index (χ3n) is 1.88. The van der Waals surface area contributed by atoms with Crippen molar-refractivity contribution in [1.82, 2.24) is 4.98 Å². The van der Waals surface area contributed by atoms with E-state index in [-0.39, 0.29) is 6.10 Å². The molecule has 0 saturated carbocycles. The van der Waals surface area contributed by atoms with Gasteiger partial charge in [-0.3, -0.25) is 0 Å². The summed E-state index contributed by atoms with van der Waals surface area (Å²) >= 11 is 0. The predicted octanol–water partition coefficient (Wildman–Crippen LogP) is 0.332. The predicted molar refractivity (Wildman–Crippen MR) is 57.0 cm³/mol. The average Bonchev–Trinajstić information content (AvgIpc) is 2.17. The molecular weight excluding hydrogens is 180 g/mol. The van der Waals surface area contributed by atoms with E-state index in [1.807, 2.05) is 6.07 Å². The van der Waals surface area contributed by atoms with Crippen molar-refractivity contribution in [3.05, 3.63) is 17.7 Å². The lowest BCUT2D eigenvalue weighted by Crippen LogP contribution is -2.12. The van der Waals surface area contributed by atoms with Crippen molar-refractivity contribution in [3.8, 4) is 0 Å². The zero-order valence-corrected chi connectivity index (χ0v) is 8.41. The summed E-state index contributed by atoms with van der Waals surface area (Å²) in [7, 11) is 1.79. The molecule has 5 nitrogen and oxygen atoms in total. The van der Waals surface area contributed by atoms with E-state index in [1.54, 1.807) is 20.0 Å². The van der Waals surface area contributed by atoms with Crippen LogP contribution in [0.15, 0.2) is 12.1 Å². The molecule has 5 heteroatoms. The van der Waals surface area contributed by atoms with Gasteiger partial charge in [-0.05, 0) is 18.6 Å². The Morgan fingerprint density at radius 3 is 2.79 bits per heavy atom. The second kappa shape index (κ2) is 4.78. The van der Waals surface area contributed by atoms with E-state index >= 15 is 0 Å². The van der Waals surface area contributed by atoms with Crippen molar-refractivity contribution in [1.29, 1.82) is 0 Å². The smallest absolute Gasteiger partial charge is 0.142 e. The van der Waals surface area contributed by atoms with Crippen molar-refractivity contribution in [2.45, 2.75) is 19.4 Å². The van der Waals surface area contributed by atoms with Crippen LogP contribution in [0.25, 0.3) is 0 Å². The second-order valence-electron chi connectivity index (χ2n) is 3.15. The molecule has 0 saturated heterocycles. The first-order valence-electron chi connectivity index (χ1n) is 4.49. The topological polar surface area (TPSA) is 83.2 Å². The number of nitrogens with two attached hydrogens (primary N) is 1. The van der Waals surface area contributed by atoms with Crippen molar-refractivity contribution in [2.24, 2.45) is 5.84 Å². The lowest BCUT2D eigenvalue weighted by molar-refractivity contribution is 0.195. The monoisotopic (exact) mass is 196 g/mol. The van der Waals surface area contributed by atoms with Crippen LogP contribution in [-0.4, -0.2) is 23.2 Å². The van der Waals surface area contributed by atoms with Crippen LogP contribution in [0.2, 0.25) is 0 Å². The highest BCUT2D eigenvalue weighted by molar-refractivity contribution is 5.50. The van der Waals surface area contributed by atoms with Gasteiger partial charge in [0.05, 0.1) is 6.10 Å². The molecule has 0 aliphatic carbocycles. The van der Waals surface area contributed by atoms with E-state index in [0.29, 0.717) is 12.2 Å². The van der Waals surface area contributed by atoms with Crippen molar-refractivity contribution < 1.29 is 5.11 Å². The molecule has 0 radical (unpaired) electrons. The van der Waals surface area contributed by atoms with E-state index in [1.165, 1.54) is 0 Å². The number of nitrogen functional groups attached to an aromatic ring is 1. The molecule has 1 aromatic heterocycles. The first kappa shape index (κ1) is 10.7. The Morgan fingerprint density at radius 1 is 1.57 bits per heavy atom. The molecule has 0 aliphatic rings. The van der Waals surface area contributed by atoms with Crippen molar-refractivity contribution in [3.63, 3.8) is 0 Å². The highest BCUT2D eigenvalue weighted by Gasteiger charge is 2.06. The summed E-state index contributed by atoms with van der Waals surface area (Å²) in [6.07, 6.45) is 0.203. The Labute approximate surface area is 83.3 Å². The molecule has 1 rings (SSSR count). The summed E-state index contributed by atoms with van der Waals surface area (Å²) in [5.41, 5.74) is 3.44. The van der Waals surface area contributed by atoms with E-state index in [9.17, 15) is 5.11 Å². The number of rotatable bonds is 4. The fourth-order valence-electron chi connectivity index (χ4n) is 1.27. The number of aromatic nitrogens is 1. The van der Waals surface area contributed by atoms with E-state index in [2.05, 4.69) is 15.7 Å². The minimum atomic E-state index is -0.374. The second-order valence-corrected chi connectivity index (χ2v) is 3.15. The van der Waals surface area contributed by atoms with E-state index in [4.69, 9.17) is 5.84 Å². The number of aliphatic hydroxyl groups is 1. The third kappa shape index (κ3) is 2.58. The van der Waals surface area contributed by atoms with Gasteiger partial charge in [-0.1, -0.05) is 6.07 Å². The summed E-state index contributed by atoms with van der Waals surface area (Å²) < 4.78 is 0. The SMILES string of the molecule is CNc1nc(NN)ccc1CC(C)O. The zero-order valence-electron chi connectivity index (χ0n) is 8.41. The fraction of sp³-hybridized carbons (Fsp3) is 0.444. The molecule has 0 fully saturated rings. The van der Waals surface area contributed by atoms with Gasteiger partial charge in [-0.2, -0.15) is 0 Å².